The Morgan fingerprint density at radius 1 is 1.33 bits per heavy atom. The zero-order valence-electron chi connectivity index (χ0n) is 11.9. The molecule has 0 aliphatic carbocycles. The zero-order valence-corrected chi connectivity index (χ0v) is 11.9. The van der Waals surface area contributed by atoms with Crippen LogP contribution in [0.25, 0.3) is 0 Å². The number of carboxylic acid groups (broad SMARTS) is 1. The highest BCUT2D eigenvalue weighted by atomic mass is 16.4. The topological polar surface area (TPSA) is 40.5 Å². The van der Waals surface area contributed by atoms with E-state index in [9.17, 15) is 9.90 Å². The molecule has 0 heterocycles. The van der Waals surface area contributed by atoms with Crippen molar-refractivity contribution in [3.63, 3.8) is 0 Å². The SMILES string of the molecule is Cc1ccc(C(=O)O)c(N(C)C(C)CC(C)C)c1. The number of benzene rings is 1. The minimum absolute atomic E-state index is 0.324. The van der Waals surface area contributed by atoms with Crippen LogP contribution in [0.1, 0.15) is 43.1 Å². The van der Waals surface area contributed by atoms with Crippen LogP contribution in [0.3, 0.4) is 0 Å². The maximum atomic E-state index is 11.3. The molecule has 0 spiro atoms. The lowest BCUT2D eigenvalue weighted by Crippen LogP contribution is -2.31. The average Bonchev–Trinajstić information content (AvgIpc) is 2.26. The first-order chi connectivity index (χ1) is 8.32. The molecular weight excluding hydrogens is 226 g/mol. The Labute approximate surface area is 109 Å². The molecule has 100 valence electrons. The van der Waals surface area contributed by atoms with E-state index in [0.29, 0.717) is 17.5 Å². The number of hydrogen-bond acceptors (Lipinski definition) is 2. The second kappa shape index (κ2) is 5.89. The largest absolute Gasteiger partial charge is 0.478 e. The summed E-state index contributed by atoms with van der Waals surface area (Å²) in [6.45, 7) is 8.47. The van der Waals surface area contributed by atoms with E-state index in [4.69, 9.17) is 0 Å². The number of carboxylic acids is 1. The molecule has 0 radical (unpaired) electrons. The van der Waals surface area contributed by atoms with E-state index in [1.54, 1.807) is 6.07 Å². The van der Waals surface area contributed by atoms with E-state index < -0.39 is 5.97 Å². The smallest absolute Gasteiger partial charge is 0.337 e. The minimum Gasteiger partial charge on any atom is -0.478 e. The third kappa shape index (κ3) is 3.49. The molecule has 3 heteroatoms. The number of aromatic carboxylic acids is 1. The van der Waals surface area contributed by atoms with Gasteiger partial charge in [-0.2, -0.15) is 0 Å². The fourth-order valence-electron chi connectivity index (χ4n) is 2.19. The molecule has 0 aliphatic heterocycles. The van der Waals surface area contributed by atoms with Crippen molar-refractivity contribution < 1.29 is 9.90 Å². The number of rotatable bonds is 5. The van der Waals surface area contributed by atoms with Crippen LogP contribution in [-0.2, 0) is 0 Å². The maximum Gasteiger partial charge on any atom is 0.337 e. The summed E-state index contributed by atoms with van der Waals surface area (Å²) in [6, 6.07) is 5.80. The lowest BCUT2D eigenvalue weighted by atomic mass is 10.0. The molecule has 0 aromatic heterocycles. The molecule has 0 fully saturated rings. The highest BCUT2D eigenvalue weighted by Gasteiger charge is 2.18. The van der Waals surface area contributed by atoms with Gasteiger partial charge in [0.25, 0.3) is 0 Å². The van der Waals surface area contributed by atoms with Crippen molar-refractivity contribution in [1.82, 2.24) is 0 Å². The summed E-state index contributed by atoms with van der Waals surface area (Å²) in [6.07, 6.45) is 1.05. The van der Waals surface area contributed by atoms with Gasteiger partial charge >= 0.3 is 5.97 Å². The summed E-state index contributed by atoms with van der Waals surface area (Å²) in [5.41, 5.74) is 2.26. The Morgan fingerprint density at radius 3 is 2.44 bits per heavy atom. The monoisotopic (exact) mass is 249 g/mol. The van der Waals surface area contributed by atoms with E-state index in [1.807, 2.05) is 26.1 Å². The zero-order chi connectivity index (χ0) is 13.9. The lowest BCUT2D eigenvalue weighted by Gasteiger charge is -2.29. The third-order valence-corrected chi connectivity index (χ3v) is 3.24. The molecule has 0 aliphatic rings. The maximum absolute atomic E-state index is 11.3. The second-order valence-electron chi connectivity index (χ2n) is 5.42. The van der Waals surface area contributed by atoms with E-state index >= 15 is 0 Å². The van der Waals surface area contributed by atoms with Crippen LogP contribution in [-0.4, -0.2) is 24.2 Å². The number of aryl methyl sites for hydroxylation is 1. The highest BCUT2D eigenvalue weighted by Crippen LogP contribution is 2.25. The summed E-state index contributed by atoms with van der Waals surface area (Å²) < 4.78 is 0. The molecule has 0 bridgehead atoms. The molecular formula is C15H23NO2. The number of hydrogen-bond donors (Lipinski definition) is 1. The summed E-state index contributed by atoms with van der Waals surface area (Å²) in [5.74, 6) is -0.269. The molecule has 1 aromatic carbocycles. The molecule has 1 unspecified atom stereocenters. The summed E-state index contributed by atoms with van der Waals surface area (Å²) in [4.78, 5) is 13.3. The molecule has 1 atom stereocenters. The van der Waals surface area contributed by atoms with Crippen LogP contribution in [0.15, 0.2) is 18.2 Å². The molecule has 18 heavy (non-hydrogen) atoms. The fraction of sp³-hybridized carbons (Fsp3) is 0.533. The Kier molecular flexibility index (Phi) is 4.76. The van der Waals surface area contributed by atoms with Gasteiger partial charge in [-0.25, -0.2) is 4.79 Å². The van der Waals surface area contributed by atoms with Gasteiger partial charge in [-0.15, -0.1) is 0 Å². The molecule has 1 N–H and O–H groups in total. The van der Waals surface area contributed by atoms with Gasteiger partial charge in [-0.05, 0) is 43.9 Å². The average molecular weight is 249 g/mol. The van der Waals surface area contributed by atoms with E-state index in [1.165, 1.54) is 0 Å². The lowest BCUT2D eigenvalue weighted by molar-refractivity contribution is 0.0697. The summed E-state index contributed by atoms with van der Waals surface area (Å²) in [7, 11) is 1.97. The van der Waals surface area contributed by atoms with Gasteiger partial charge in [-0.3, -0.25) is 0 Å². The predicted octanol–water partition coefficient (Wildman–Crippen LogP) is 3.56. The van der Waals surface area contributed by atoms with Crippen LogP contribution >= 0.6 is 0 Å². The van der Waals surface area contributed by atoms with E-state index in [0.717, 1.165) is 17.7 Å². The summed E-state index contributed by atoms with van der Waals surface area (Å²) in [5, 5.41) is 9.24. The van der Waals surface area contributed by atoms with Crippen molar-refractivity contribution in [3.05, 3.63) is 29.3 Å². The van der Waals surface area contributed by atoms with Crippen LogP contribution < -0.4 is 4.90 Å². The Morgan fingerprint density at radius 2 is 1.94 bits per heavy atom. The Bertz CT molecular complexity index is 427. The Balaban J connectivity index is 3.06. The molecule has 1 aromatic rings. The number of carbonyl (C=O) groups is 1. The number of nitrogens with zero attached hydrogens (tertiary/aromatic N) is 1. The van der Waals surface area contributed by atoms with E-state index in [2.05, 4.69) is 25.7 Å². The molecule has 0 saturated heterocycles. The number of anilines is 1. The van der Waals surface area contributed by atoms with Gasteiger partial charge in [0.15, 0.2) is 0 Å². The first kappa shape index (κ1) is 14.6. The van der Waals surface area contributed by atoms with Crippen LogP contribution in [0.2, 0.25) is 0 Å². The predicted molar refractivity (Wildman–Crippen MR) is 75.5 cm³/mol. The molecule has 0 saturated carbocycles. The van der Waals surface area contributed by atoms with Gasteiger partial charge in [0.05, 0.1) is 11.3 Å². The van der Waals surface area contributed by atoms with Gasteiger partial charge in [-0.1, -0.05) is 19.9 Å². The third-order valence-electron chi connectivity index (χ3n) is 3.24. The quantitative estimate of drug-likeness (QED) is 0.867. The molecule has 3 nitrogen and oxygen atoms in total. The van der Waals surface area contributed by atoms with Crippen LogP contribution in [0, 0.1) is 12.8 Å². The minimum atomic E-state index is -0.867. The highest BCUT2D eigenvalue weighted by molar-refractivity contribution is 5.94. The normalized spacial score (nSPS) is 12.6. The van der Waals surface area contributed by atoms with Crippen molar-refractivity contribution >= 4 is 11.7 Å². The van der Waals surface area contributed by atoms with Gasteiger partial charge in [0.2, 0.25) is 0 Å². The van der Waals surface area contributed by atoms with Crippen LogP contribution in [0.5, 0.6) is 0 Å². The summed E-state index contributed by atoms with van der Waals surface area (Å²) >= 11 is 0. The van der Waals surface area contributed by atoms with Gasteiger partial charge in [0.1, 0.15) is 0 Å². The Hall–Kier alpha value is -1.51. The van der Waals surface area contributed by atoms with Crippen molar-refractivity contribution in [2.75, 3.05) is 11.9 Å². The molecule has 0 amide bonds. The van der Waals surface area contributed by atoms with Crippen LogP contribution in [0.4, 0.5) is 5.69 Å². The first-order valence-corrected chi connectivity index (χ1v) is 6.39. The van der Waals surface area contributed by atoms with Gasteiger partial charge < -0.3 is 10.0 Å². The molecule has 1 rings (SSSR count). The first-order valence-electron chi connectivity index (χ1n) is 6.39. The van der Waals surface area contributed by atoms with Crippen molar-refractivity contribution in [1.29, 1.82) is 0 Å². The van der Waals surface area contributed by atoms with Gasteiger partial charge in [0, 0.05) is 13.1 Å². The second-order valence-corrected chi connectivity index (χ2v) is 5.42. The van der Waals surface area contributed by atoms with E-state index in [-0.39, 0.29) is 0 Å². The van der Waals surface area contributed by atoms with Crippen molar-refractivity contribution in [2.45, 2.75) is 40.2 Å². The standard InChI is InChI=1S/C15H23NO2/c1-10(2)8-12(4)16(5)14-9-11(3)6-7-13(14)15(17)18/h6-7,9-10,12H,8H2,1-5H3,(H,17,18). The fourth-order valence-corrected chi connectivity index (χ4v) is 2.19. The van der Waals surface area contributed by atoms with Crippen molar-refractivity contribution in [3.8, 4) is 0 Å². The van der Waals surface area contributed by atoms with Crippen molar-refractivity contribution in [2.24, 2.45) is 5.92 Å².